The third-order valence-corrected chi connectivity index (χ3v) is 8.21. The van der Waals surface area contributed by atoms with Crippen LogP contribution in [0.2, 0.25) is 0 Å². The van der Waals surface area contributed by atoms with Crippen molar-refractivity contribution in [3.05, 3.63) is 40.4 Å². The molecule has 0 spiro atoms. The maximum Gasteiger partial charge on any atom is 0.257 e. The second-order valence-electron chi connectivity index (χ2n) is 7.10. The summed E-state index contributed by atoms with van der Waals surface area (Å²) in [4.78, 5) is 20.9. The number of hydrogen-bond acceptors (Lipinski definition) is 6. The van der Waals surface area contributed by atoms with E-state index in [-0.39, 0.29) is 10.8 Å². The molecule has 2 aromatic rings. The van der Waals surface area contributed by atoms with Crippen molar-refractivity contribution in [2.45, 2.75) is 37.6 Å². The average Bonchev–Trinajstić information content (AvgIpc) is 3.37. The molecule has 0 bridgehead atoms. The monoisotopic (exact) mass is 420 g/mol. The van der Waals surface area contributed by atoms with Crippen LogP contribution in [0.1, 0.15) is 40.7 Å². The molecule has 0 saturated carbocycles. The smallest absolute Gasteiger partial charge is 0.257 e. The zero-order chi connectivity index (χ0) is 19.7. The Morgan fingerprint density at radius 2 is 1.89 bits per heavy atom. The van der Waals surface area contributed by atoms with Gasteiger partial charge in [-0.1, -0.05) is 6.92 Å². The first-order valence-electron chi connectivity index (χ1n) is 9.60. The highest BCUT2D eigenvalue weighted by molar-refractivity contribution is 7.89. The van der Waals surface area contributed by atoms with Crippen molar-refractivity contribution >= 4 is 32.4 Å². The van der Waals surface area contributed by atoms with E-state index in [0.717, 1.165) is 44.6 Å². The molecule has 1 saturated heterocycles. The third-order valence-electron chi connectivity index (χ3n) is 5.30. The number of hydrogen-bond donors (Lipinski definition) is 1. The van der Waals surface area contributed by atoms with E-state index < -0.39 is 10.0 Å². The fourth-order valence-electron chi connectivity index (χ4n) is 3.60. The Hall–Kier alpha value is -1.81. The molecule has 1 aromatic carbocycles. The van der Waals surface area contributed by atoms with Gasteiger partial charge in [0.25, 0.3) is 5.91 Å². The molecule has 4 rings (SSSR count). The van der Waals surface area contributed by atoms with E-state index in [9.17, 15) is 13.2 Å². The van der Waals surface area contributed by atoms with Gasteiger partial charge in [0.15, 0.2) is 5.13 Å². The molecule has 7 nitrogen and oxygen atoms in total. The highest BCUT2D eigenvalue weighted by Crippen LogP contribution is 2.28. The number of anilines is 1. The lowest BCUT2D eigenvalue weighted by molar-refractivity contribution is 0.102. The Balaban J connectivity index is 1.45. The van der Waals surface area contributed by atoms with Crippen LogP contribution in [-0.2, 0) is 23.0 Å². The quantitative estimate of drug-likeness (QED) is 0.804. The van der Waals surface area contributed by atoms with Gasteiger partial charge in [0.05, 0.1) is 10.6 Å². The number of carbonyl (C=O) groups is 1. The predicted octanol–water partition coefficient (Wildman–Crippen LogP) is 2.56. The number of sulfonamides is 1. The number of likely N-dealkylation sites (N-methyl/N-ethyl adjacent to an activating group) is 1. The van der Waals surface area contributed by atoms with Crippen LogP contribution < -0.4 is 5.32 Å². The average molecular weight is 421 g/mol. The minimum Gasteiger partial charge on any atom is -0.298 e. The molecular weight excluding hydrogens is 396 g/mol. The summed E-state index contributed by atoms with van der Waals surface area (Å²) in [6, 6.07) is 6.14. The van der Waals surface area contributed by atoms with Gasteiger partial charge in [0.2, 0.25) is 10.0 Å². The van der Waals surface area contributed by atoms with Crippen LogP contribution >= 0.6 is 11.3 Å². The summed E-state index contributed by atoms with van der Waals surface area (Å²) in [5.41, 5.74) is 1.49. The van der Waals surface area contributed by atoms with Gasteiger partial charge < -0.3 is 0 Å². The van der Waals surface area contributed by atoms with Crippen LogP contribution in [0.3, 0.4) is 0 Å². The van der Waals surface area contributed by atoms with Crippen molar-refractivity contribution in [3.63, 3.8) is 0 Å². The summed E-state index contributed by atoms with van der Waals surface area (Å²) in [5, 5.41) is 3.45. The van der Waals surface area contributed by atoms with Gasteiger partial charge in [-0.3, -0.25) is 15.0 Å². The van der Waals surface area contributed by atoms with Crippen LogP contribution in [0, 0.1) is 0 Å². The Morgan fingerprint density at radius 1 is 1.18 bits per heavy atom. The summed E-state index contributed by atoms with van der Waals surface area (Å²) in [6.07, 6.45) is 2.69. The lowest BCUT2D eigenvalue weighted by atomic mass is 10.2. The summed E-state index contributed by atoms with van der Waals surface area (Å²) in [7, 11) is -3.46. The number of nitrogens with one attached hydrogen (secondary N) is 1. The van der Waals surface area contributed by atoms with E-state index in [4.69, 9.17) is 0 Å². The first-order chi connectivity index (χ1) is 13.5. The third kappa shape index (κ3) is 3.84. The number of carbonyl (C=O) groups excluding carboxylic acids is 1. The van der Waals surface area contributed by atoms with Gasteiger partial charge in [-0.15, -0.1) is 11.3 Å². The van der Waals surface area contributed by atoms with Gasteiger partial charge in [0.1, 0.15) is 0 Å². The van der Waals surface area contributed by atoms with Crippen LogP contribution in [-0.4, -0.2) is 54.7 Å². The van der Waals surface area contributed by atoms with Crippen molar-refractivity contribution < 1.29 is 13.2 Å². The van der Waals surface area contributed by atoms with E-state index in [1.54, 1.807) is 12.1 Å². The lowest BCUT2D eigenvalue weighted by Crippen LogP contribution is -2.29. The van der Waals surface area contributed by atoms with Crippen molar-refractivity contribution in [2.75, 3.05) is 31.5 Å². The minimum absolute atomic E-state index is 0.232. The number of aromatic nitrogens is 1. The number of amides is 1. The molecule has 2 aliphatic heterocycles. The molecule has 1 amide bonds. The van der Waals surface area contributed by atoms with Crippen molar-refractivity contribution in [3.8, 4) is 0 Å². The van der Waals surface area contributed by atoms with Gasteiger partial charge in [-0.2, -0.15) is 4.31 Å². The van der Waals surface area contributed by atoms with Crippen molar-refractivity contribution in [1.82, 2.24) is 14.2 Å². The Labute approximate surface area is 169 Å². The first kappa shape index (κ1) is 19.5. The summed E-state index contributed by atoms with van der Waals surface area (Å²) in [6.45, 7) is 6.15. The number of fused-ring (bicyclic) bond motifs is 1. The SMILES string of the molecule is CCN1CCc2nc(NC(=O)c3ccc(S(=O)(=O)N4CCCC4)cc3)sc2C1. The molecule has 0 atom stereocenters. The fourth-order valence-corrected chi connectivity index (χ4v) is 6.16. The molecular formula is C19H24N4O3S2. The predicted molar refractivity (Wildman–Crippen MR) is 109 cm³/mol. The van der Waals surface area contributed by atoms with Crippen LogP contribution in [0.4, 0.5) is 5.13 Å². The summed E-state index contributed by atoms with van der Waals surface area (Å²) >= 11 is 1.51. The topological polar surface area (TPSA) is 82.6 Å². The van der Waals surface area contributed by atoms with E-state index >= 15 is 0 Å². The number of thiazole rings is 1. The number of benzene rings is 1. The molecule has 150 valence electrons. The van der Waals surface area contributed by atoms with Crippen molar-refractivity contribution in [1.29, 1.82) is 0 Å². The molecule has 0 aliphatic carbocycles. The number of nitrogens with zero attached hydrogens (tertiary/aromatic N) is 3. The van der Waals surface area contributed by atoms with Crippen LogP contribution in [0.25, 0.3) is 0 Å². The highest BCUT2D eigenvalue weighted by Gasteiger charge is 2.27. The van der Waals surface area contributed by atoms with Gasteiger partial charge >= 0.3 is 0 Å². The van der Waals surface area contributed by atoms with E-state index in [1.807, 2.05) is 0 Å². The zero-order valence-corrected chi connectivity index (χ0v) is 17.5. The van der Waals surface area contributed by atoms with E-state index in [1.165, 1.54) is 32.7 Å². The minimum atomic E-state index is -3.46. The number of rotatable bonds is 5. The van der Waals surface area contributed by atoms with Crippen molar-refractivity contribution in [2.24, 2.45) is 0 Å². The maximum absolute atomic E-state index is 12.6. The lowest BCUT2D eigenvalue weighted by Gasteiger charge is -2.23. The second kappa shape index (κ2) is 7.90. The Bertz CT molecular complexity index is 964. The first-order valence-corrected chi connectivity index (χ1v) is 11.9. The molecule has 1 aromatic heterocycles. The van der Waals surface area contributed by atoms with E-state index in [0.29, 0.717) is 23.8 Å². The standard InChI is InChI=1S/C19H24N4O3S2/c1-2-22-12-9-16-17(13-22)27-19(20-16)21-18(24)14-5-7-15(8-6-14)28(25,26)23-10-3-4-11-23/h5-8H,2-4,9-13H2,1H3,(H,20,21,24). The second-order valence-corrected chi connectivity index (χ2v) is 10.1. The largest absolute Gasteiger partial charge is 0.298 e. The van der Waals surface area contributed by atoms with Gasteiger partial charge in [-0.05, 0) is 43.7 Å². The normalized spacial score (nSPS) is 18.2. The molecule has 2 aliphatic rings. The van der Waals surface area contributed by atoms with E-state index in [2.05, 4.69) is 22.1 Å². The van der Waals surface area contributed by atoms with Gasteiger partial charge in [-0.25, -0.2) is 13.4 Å². The molecule has 9 heteroatoms. The Kier molecular flexibility index (Phi) is 5.50. The molecule has 3 heterocycles. The van der Waals surface area contributed by atoms with Crippen LogP contribution in [0.5, 0.6) is 0 Å². The summed E-state index contributed by atoms with van der Waals surface area (Å²) in [5.74, 6) is -0.274. The fraction of sp³-hybridized carbons (Fsp3) is 0.474. The Morgan fingerprint density at radius 3 is 2.57 bits per heavy atom. The summed E-state index contributed by atoms with van der Waals surface area (Å²) < 4.78 is 26.7. The molecule has 0 unspecified atom stereocenters. The molecule has 0 radical (unpaired) electrons. The maximum atomic E-state index is 12.6. The van der Waals surface area contributed by atoms with Crippen LogP contribution in [0.15, 0.2) is 29.2 Å². The zero-order valence-electron chi connectivity index (χ0n) is 15.8. The molecule has 1 N–H and O–H groups in total. The molecule has 1 fully saturated rings. The van der Waals surface area contributed by atoms with Gasteiger partial charge in [0, 0.05) is 43.0 Å². The highest BCUT2D eigenvalue weighted by atomic mass is 32.2. The molecule has 28 heavy (non-hydrogen) atoms.